The Morgan fingerprint density at radius 2 is 2.00 bits per heavy atom. The lowest BCUT2D eigenvalue weighted by molar-refractivity contribution is 0.262. The number of urea groups is 1. The molecule has 0 aliphatic carbocycles. The molecule has 4 N–H and O–H groups in total. The second-order valence-corrected chi connectivity index (χ2v) is 6.21. The number of hydrogen-bond acceptors (Lipinski definition) is 6. The van der Waals surface area contributed by atoms with Crippen LogP contribution in [0.25, 0.3) is 0 Å². The van der Waals surface area contributed by atoms with Crippen LogP contribution in [-0.2, 0) is 0 Å². The van der Waals surface area contributed by atoms with Gasteiger partial charge in [-0.25, -0.2) is 9.78 Å². The number of likely N-dealkylation sites (N-methyl/N-ethyl adjacent to an activating group) is 1. The van der Waals surface area contributed by atoms with Gasteiger partial charge in [0, 0.05) is 30.5 Å². The summed E-state index contributed by atoms with van der Waals surface area (Å²) < 4.78 is 0. The number of rotatable bonds is 7. The Morgan fingerprint density at radius 1 is 1.23 bits per heavy atom. The maximum atomic E-state index is 12.1. The third-order valence-corrected chi connectivity index (χ3v) is 3.76. The minimum absolute atomic E-state index is 0.224. The van der Waals surface area contributed by atoms with Crippen molar-refractivity contribution in [2.45, 2.75) is 20.7 Å². The lowest BCUT2D eigenvalue weighted by atomic mass is 9.86. The topological polar surface area (TPSA) is 102 Å². The van der Waals surface area contributed by atoms with E-state index in [9.17, 15) is 9.82 Å². The van der Waals surface area contributed by atoms with Crippen molar-refractivity contribution in [3.8, 4) is 0 Å². The predicted octanol–water partition coefficient (Wildman–Crippen LogP) is 2.19. The van der Waals surface area contributed by atoms with E-state index in [0.29, 0.717) is 24.6 Å². The summed E-state index contributed by atoms with van der Waals surface area (Å²) in [5.74, 6) is 0.837. The van der Waals surface area contributed by atoms with Gasteiger partial charge in [0.2, 0.25) is 5.95 Å². The third-order valence-electron chi connectivity index (χ3n) is 3.76. The maximum absolute atomic E-state index is 12.1. The van der Waals surface area contributed by atoms with E-state index in [1.54, 1.807) is 17.7 Å². The van der Waals surface area contributed by atoms with Crippen LogP contribution in [-0.4, -0.2) is 53.0 Å². The molecule has 1 aromatic heterocycles. The van der Waals surface area contributed by atoms with E-state index in [4.69, 9.17) is 0 Å². The highest BCUT2D eigenvalue weighted by atomic mass is 16.2. The first-order valence-corrected chi connectivity index (χ1v) is 8.46. The summed E-state index contributed by atoms with van der Waals surface area (Å²) in [6, 6.07) is 8.92. The normalized spacial score (nSPS) is 10.5. The Morgan fingerprint density at radius 3 is 2.69 bits per heavy atom. The summed E-state index contributed by atoms with van der Waals surface area (Å²) in [5.41, 5.74) is 2.50. The number of carbonyl (C=O) groups is 1. The molecule has 0 saturated carbocycles. The van der Waals surface area contributed by atoms with Gasteiger partial charge in [-0.1, -0.05) is 12.1 Å². The van der Waals surface area contributed by atoms with Gasteiger partial charge in [0.05, 0.1) is 0 Å². The van der Waals surface area contributed by atoms with Gasteiger partial charge in [-0.2, -0.15) is 4.98 Å². The van der Waals surface area contributed by atoms with E-state index in [0.717, 1.165) is 11.3 Å². The zero-order chi connectivity index (χ0) is 19.1. The molecule has 0 aliphatic heterocycles. The number of aromatic nitrogens is 2. The van der Waals surface area contributed by atoms with E-state index >= 15 is 0 Å². The molecule has 0 spiro atoms. The molecule has 2 rings (SSSR count). The molecule has 138 valence electrons. The van der Waals surface area contributed by atoms with E-state index < -0.39 is 13.1 Å². The van der Waals surface area contributed by atoms with Crippen molar-refractivity contribution in [2.75, 3.05) is 36.1 Å². The smallest absolute Gasteiger partial charge is 0.376 e. The van der Waals surface area contributed by atoms with Gasteiger partial charge < -0.3 is 20.5 Å². The molecule has 0 fully saturated rings. The Bertz CT molecular complexity index is 756. The van der Waals surface area contributed by atoms with Gasteiger partial charge >= 0.3 is 13.1 Å². The van der Waals surface area contributed by atoms with Crippen molar-refractivity contribution in [1.29, 1.82) is 0 Å². The van der Waals surface area contributed by atoms with Crippen LogP contribution in [0.1, 0.15) is 11.3 Å². The first kappa shape index (κ1) is 19.7. The SMILES string of the molecule is CB(O)N(C)CCNc1cc(C)nc(NC(=O)Nc2cccc(C)c2)n1. The van der Waals surface area contributed by atoms with Crippen molar-refractivity contribution < 1.29 is 9.82 Å². The second kappa shape index (κ2) is 9.16. The van der Waals surface area contributed by atoms with Gasteiger partial charge in [-0.05, 0) is 45.4 Å². The van der Waals surface area contributed by atoms with Crippen molar-refractivity contribution in [2.24, 2.45) is 0 Å². The summed E-state index contributed by atoms with van der Waals surface area (Å²) in [6.07, 6.45) is 0. The van der Waals surface area contributed by atoms with E-state index in [-0.39, 0.29) is 5.95 Å². The van der Waals surface area contributed by atoms with Gasteiger partial charge in [0.1, 0.15) is 5.82 Å². The largest absolute Gasteiger partial charge is 0.437 e. The van der Waals surface area contributed by atoms with Crippen molar-refractivity contribution in [3.05, 3.63) is 41.6 Å². The summed E-state index contributed by atoms with van der Waals surface area (Å²) in [6.45, 7) is 6.76. The minimum atomic E-state index is -0.508. The quantitative estimate of drug-likeness (QED) is 0.567. The molecule has 1 aromatic carbocycles. The predicted molar refractivity (Wildman–Crippen MR) is 106 cm³/mol. The van der Waals surface area contributed by atoms with E-state index in [2.05, 4.69) is 25.9 Å². The van der Waals surface area contributed by atoms with Crippen molar-refractivity contribution in [1.82, 2.24) is 14.8 Å². The van der Waals surface area contributed by atoms with Crippen LogP contribution in [0.15, 0.2) is 30.3 Å². The van der Waals surface area contributed by atoms with Crippen LogP contribution < -0.4 is 16.0 Å². The van der Waals surface area contributed by atoms with Crippen LogP contribution >= 0.6 is 0 Å². The lowest BCUT2D eigenvalue weighted by Gasteiger charge is -2.17. The highest BCUT2D eigenvalue weighted by Crippen LogP contribution is 2.12. The average molecular weight is 356 g/mol. The fourth-order valence-electron chi connectivity index (χ4n) is 2.25. The number of nitrogens with zero attached hydrogens (tertiary/aromatic N) is 3. The summed E-state index contributed by atoms with van der Waals surface area (Å²) in [5, 5.41) is 18.0. The third kappa shape index (κ3) is 6.34. The zero-order valence-electron chi connectivity index (χ0n) is 15.6. The highest BCUT2D eigenvalue weighted by Gasteiger charge is 2.11. The van der Waals surface area contributed by atoms with Gasteiger partial charge in [-0.15, -0.1) is 0 Å². The number of hydrogen-bond donors (Lipinski definition) is 4. The fourth-order valence-corrected chi connectivity index (χ4v) is 2.25. The summed E-state index contributed by atoms with van der Waals surface area (Å²) in [7, 11) is 1.33. The molecule has 8 nitrogen and oxygen atoms in total. The minimum Gasteiger partial charge on any atom is -0.437 e. The first-order valence-electron chi connectivity index (χ1n) is 8.46. The van der Waals surface area contributed by atoms with E-state index in [1.807, 2.05) is 45.2 Å². The first-order chi connectivity index (χ1) is 12.3. The van der Waals surface area contributed by atoms with Crippen LogP contribution in [0.3, 0.4) is 0 Å². The molecule has 2 aromatic rings. The van der Waals surface area contributed by atoms with Crippen molar-refractivity contribution in [3.63, 3.8) is 0 Å². The van der Waals surface area contributed by atoms with Crippen LogP contribution in [0.2, 0.25) is 6.82 Å². The Hall–Kier alpha value is -2.65. The van der Waals surface area contributed by atoms with Crippen LogP contribution in [0.5, 0.6) is 0 Å². The van der Waals surface area contributed by atoms with Crippen molar-refractivity contribution >= 4 is 30.5 Å². The monoisotopic (exact) mass is 356 g/mol. The molecule has 0 bridgehead atoms. The van der Waals surface area contributed by atoms with Crippen LogP contribution in [0, 0.1) is 13.8 Å². The molecule has 26 heavy (non-hydrogen) atoms. The number of anilines is 3. The lowest BCUT2D eigenvalue weighted by Crippen LogP contribution is -2.36. The summed E-state index contributed by atoms with van der Waals surface area (Å²) >= 11 is 0. The number of aryl methyl sites for hydroxylation is 2. The average Bonchev–Trinajstić information content (AvgIpc) is 2.53. The molecular weight excluding hydrogens is 331 g/mol. The Kier molecular flexibility index (Phi) is 6.93. The van der Waals surface area contributed by atoms with Gasteiger partial charge in [-0.3, -0.25) is 5.32 Å². The summed E-state index contributed by atoms with van der Waals surface area (Å²) in [4.78, 5) is 22.5. The molecular formula is C17H25BN6O2. The molecule has 9 heteroatoms. The van der Waals surface area contributed by atoms with Gasteiger partial charge in [0.25, 0.3) is 0 Å². The molecule has 0 aliphatic rings. The number of amides is 2. The standard InChI is InChI=1S/C17H25BN6O2/c1-12-6-5-7-14(10-12)21-17(25)23-16-20-13(2)11-15(22-16)19-8-9-24(4)18(3)26/h5-7,10-11,26H,8-9H2,1-4H3,(H3,19,20,21,22,23,25). The maximum Gasteiger partial charge on any atom is 0.376 e. The molecule has 2 amide bonds. The molecule has 1 heterocycles. The number of benzene rings is 1. The molecule has 0 atom stereocenters. The Balaban J connectivity index is 1.94. The van der Waals surface area contributed by atoms with E-state index in [1.165, 1.54) is 0 Å². The molecule has 0 saturated heterocycles. The number of nitrogens with one attached hydrogen (secondary N) is 3. The Labute approximate surface area is 154 Å². The molecule has 0 unspecified atom stereocenters. The highest BCUT2D eigenvalue weighted by molar-refractivity contribution is 6.45. The fraction of sp³-hybridized carbons (Fsp3) is 0.353. The molecule has 0 radical (unpaired) electrons. The van der Waals surface area contributed by atoms with Gasteiger partial charge in [0.15, 0.2) is 0 Å². The number of carbonyl (C=O) groups excluding carboxylic acids is 1. The second-order valence-electron chi connectivity index (χ2n) is 6.21. The van der Waals surface area contributed by atoms with Crippen LogP contribution in [0.4, 0.5) is 22.2 Å². The zero-order valence-corrected chi connectivity index (χ0v) is 15.6.